The number of nitrogens with zero attached hydrogens (tertiary/aromatic N) is 3. The highest BCUT2D eigenvalue weighted by Crippen LogP contribution is 2.54. The van der Waals surface area contributed by atoms with Crippen LogP contribution in [-0.2, 0) is 5.41 Å². The molecule has 0 bridgehead atoms. The number of hydrogen-bond acceptors (Lipinski definition) is 2. The monoisotopic (exact) mass is 591 g/mol. The van der Waals surface area contributed by atoms with E-state index in [-0.39, 0.29) is 5.41 Å². The molecule has 0 N–H and O–H groups in total. The Morgan fingerprint density at radius 3 is 1.93 bits per heavy atom. The Balaban J connectivity index is 1.19. The van der Waals surface area contributed by atoms with E-state index in [9.17, 15) is 0 Å². The molecule has 0 saturated carbocycles. The van der Waals surface area contributed by atoms with Gasteiger partial charge >= 0.3 is 0 Å². The van der Waals surface area contributed by atoms with Crippen LogP contribution in [0.2, 0.25) is 0 Å². The third kappa shape index (κ3) is 4.12. The number of fused-ring (bicyclic) bond motifs is 6. The molecule has 2 aliphatic carbocycles. The molecule has 0 saturated heterocycles. The maximum Gasteiger partial charge on any atom is 0.160 e. The molecule has 0 radical (unpaired) electrons. The standard InChI is InChI=1S/C43H33N3/c1-43(2)36-19-11-9-17-32(36)34-26-41-35(25-37(34)43)33-18-10-12-20-40(33)46(41)31-23-21-29(22-24-31)39-27-38(28-13-5-3-6-14-28)44-42(45-39)30-15-7-4-8-16-30/h3-27,32,36H,1-2H3/t32?,36-/m1/s1. The van der Waals surface area contributed by atoms with Gasteiger partial charge in [0.1, 0.15) is 0 Å². The molecular weight excluding hydrogens is 558 g/mol. The minimum atomic E-state index is 0.0784. The first-order valence-electron chi connectivity index (χ1n) is 16.1. The number of para-hydroxylation sites is 1. The highest BCUT2D eigenvalue weighted by Gasteiger charge is 2.44. The summed E-state index contributed by atoms with van der Waals surface area (Å²) in [5.74, 6) is 1.61. The summed E-state index contributed by atoms with van der Waals surface area (Å²) in [4.78, 5) is 10.0. The van der Waals surface area contributed by atoms with Crippen LogP contribution in [0.5, 0.6) is 0 Å². The molecule has 0 fully saturated rings. The van der Waals surface area contributed by atoms with Crippen molar-refractivity contribution in [3.05, 3.63) is 163 Å². The summed E-state index contributed by atoms with van der Waals surface area (Å²) in [7, 11) is 0. The lowest BCUT2D eigenvalue weighted by Crippen LogP contribution is -2.24. The fourth-order valence-corrected chi connectivity index (χ4v) is 7.77. The van der Waals surface area contributed by atoms with Crippen molar-refractivity contribution < 1.29 is 0 Å². The van der Waals surface area contributed by atoms with E-state index >= 15 is 0 Å². The molecule has 2 atom stereocenters. The van der Waals surface area contributed by atoms with Crippen molar-refractivity contribution >= 4 is 21.8 Å². The van der Waals surface area contributed by atoms with E-state index in [1.807, 2.05) is 24.3 Å². The number of aromatic nitrogens is 3. The van der Waals surface area contributed by atoms with Crippen molar-refractivity contribution in [1.29, 1.82) is 0 Å². The molecule has 2 aromatic heterocycles. The fourth-order valence-electron chi connectivity index (χ4n) is 7.77. The molecule has 5 aromatic carbocycles. The summed E-state index contributed by atoms with van der Waals surface area (Å²) < 4.78 is 2.43. The maximum atomic E-state index is 5.05. The van der Waals surface area contributed by atoms with Gasteiger partial charge in [-0.1, -0.05) is 129 Å². The lowest BCUT2D eigenvalue weighted by atomic mass is 9.74. The van der Waals surface area contributed by atoms with Crippen LogP contribution < -0.4 is 0 Å². The molecular formula is C43H33N3. The Labute approximate surface area is 269 Å². The molecule has 0 spiro atoms. The van der Waals surface area contributed by atoms with Gasteiger partial charge in [0.15, 0.2) is 5.82 Å². The van der Waals surface area contributed by atoms with Gasteiger partial charge < -0.3 is 4.57 Å². The first-order chi connectivity index (χ1) is 22.6. The Morgan fingerprint density at radius 2 is 1.20 bits per heavy atom. The minimum Gasteiger partial charge on any atom is -0.309 e. The average Bonchev–Trinajstić information content (AvgIpc) is 3.56. The topological polar surface area (TPSA) is 30.7 Å². The van der Waals surface area contributed by atoms with E-state index in [2.05, 4.69) is 146 Å². The third-order valence-corrected chi connectivity index (χ3v) is 10.1. The Hall–Kier alpha value is -5.54. The number of allylic oxidation sites excluding steroid dienone is 4. The van der Waals surface area contributed by atoms with Gasteiger partial charge in [-0.3, -0.25) is 0 Å². The number of rotatable bonds is 4. The summed E-state index contributed by atoms with van der Waals surface area (Å²) in [6, 6.07) is 45.3. The highest BCUT2D eigenvalue weighted by atomic mass is 15.0. The molecule has 46 heavy (non-hydrogen) atoms. The van der Waals surface area contributed by atoms with E-state index in [1.54, 1.807) is 0 Å². The van der Waals surface area contributed by atoms with E-state index in [1.165, 1.54) is 32.9 Å². The summed E-state index contributed by atoms with van der Waals surface area (Å²) in [5, 5.41) is 2.60. The van der Waals surface area contributed by atoms with Gasteiger partial charge in [-0.05, 0) is 58.9 Å². The van der Waals surface area contributed by atoms with Crippen molar-refractivity contribution in [2.75, 3.05) is 0 Å². The zero-order valence-electron chi connectivity index (χ0n) is 25.9. The summed E-state index contributed by atoms with van der Waals surface area (Å²) >= 11 is 0. The van der Waals surface area contributed by atoms with Crippen LogP contribution in [0.4, 0.5) is 0 Å². The molecule has 1 unspecified atom stereocenters. The molecule has 9 rings (SSSR count). The van der Waals surface area contributed by atoms with Crippen LogP contribution in [-0.4, -0.2) is 14.5 Å². The lowest BCUT2D eigenvalue weighted by molar-refractivity contribution is 0.394. The predicted octanol–water partition coefficient (Wildman–Crippen LogP) is 10.7. The Kier molecular flexibility index (Phi) is 5.98. The predicted molar refractivity (Wildman–Crippen MR) is 190 cm³/mol. The quantitative estimate of drug-likeness (QED) is 0.204. The first-order valence-corrected chi connectivity index (χ1v) is 16.1. The molecule has 220 valence electrons. The minimum absolute atomic E-state index is 0.0784. The zero-order chi connectivity index (χ0) is 30.8. The molecule has 7 aromatic rings. The van der Waals surface area contributed by atoms with E-state index < -0.39 is 0 Å². The van der Waals surface area contributed by atoms with Crippen LogP contribution in [0.25, 0.3) is 61.4 Å². The first kappa shape index (κ1) is 26.8. The van der Waals surface area contributed by atoms with Crippen LogP contribution >= 0.6 is 0 Å². The van der Waals surface area contributed by atoms with E-state index in [0.717, 1.165) is 39.6 Å². The van der Waals surface area contributed by atoms with Gasteiger partial charge in [0, 0.05) is 39.1 Å². The van der Waals surface area contributed by atoms with Gasteiger partial charge in [0.2, 0.25) is 0 Å². The largest absolute Gasteiger partial charge is 0.309 e. The Morgan fingerprint density at radius 1 is 0.565 bits per heavy atom. The van der Waals surface area contributed by atoms with Crippen LogP contribution in [0.1, 0.15) is 30.9 Å². The SMILES string of the molecule is CC1(C)c2cc3c4ccccc4n(-c4ccc(-c5cc(-c6ccccc6)nc(-c6ccccc6)n5)cc4)c3cc2C2C=CC=C[C@H]21. The third-order valence-electron chi connectivity index (χ3n) is 10.1. The number of benzene rings is 5. The van der Waals surface area contributed by atoms with Crippen molar-refractivity contribution in [2.45, 2.75) is 25.2 Å². The van der Waals surface area contributed by atoms with Crippen molar-refractivity contribution in [2.24, 2.45) is 5.92 Å². The molecule has 3 nitrogen and oxygen atoms in total. The molecule has 0 aliphatic heterocycles. The van der Waals surface area contributed by atoms with Crippen LogP contribution in [0.15, 0.2) is 152 Å². The van der Waals surface area contributed by atoms with Gasteiger partial charge in [0.05, 0.1) is 22.4 Å². The molecule has 2 heterocycles. The van der Waals surface area contributed by atoms with E-state index in [0.29, 0.717) is 11.8 Å². The second kappa shape index (κ2) is 10.3. The highest BCUT2D eigenvalue weighted by molar-refractivity contribution is 6.10. The van der Waals surface area contributed by atoms with Gasteiger partial charge in [0.25, 0.3) is 0 Å². The summed E-state index contributed by atoms with van der Waals surface area (Å²) in [5.41, 5.74) is 11.6. The second-order valence-corrected chi connectivity index (χ2v) is 13.1. The van der Waals surface area contributed by atoms with Gasteiger partial charge in [-0.2, -0.15) is 0 Å². The van der Waals surface area contributed by atoms with Crippen molar-refractivity contribution in [1.82, 2.24) is 14.5 Å². The smallest absolute Gasteiger partial charge is 0.160 e. The zero-order valence-corrected chi connectivity index (χ0v) is 25.9. The number of hydrogen-bond donors (Lipinski definition) is 0. The fraction of sp³-hybridized carbons (Fsp3) is 0.116. The van der Waals surface area contributed by atoms with E-state index in [4.69, 9.17) is 9.97 Å². The van der Waals surface area contributed by atoms with Crippen molar-refractivity contribution in [3.8, 4) is 39.6 Å². The molecule has 2 aliphatic rings. The van der Waals surface area contributed by atoms with Crippen LogP contribution in [0.3, 0.4) is 0 Å². The van der Waals surface area contributed by atoms with Gasteiger partial charge in [-0.25, -0.2) is 9.97 Å². The second-order valence-electron chi connectivity index (χ2n) is 13.1. The summed E-state index contributed by atoms with van der Waals surface area (Å²) in [6.45, 7) is 4.81. The van der Waals surface area contributed by atoms with Crippen molar-refractivity contribution in [3.63, 3.8) is 0 Å². The van der Waals surface area contributed by atoms with Crippen LogP contribution in [0, 0.1) is 5.92 Å². The molecule has 3 heteroatoms. The average molecular weight is 592 g/mol. The lowest BCUT2D eigenvalue weighted by Gasteiger charge is -2.29. The summed E-state index contributed by atoms with van der Waals surface area (Å²) in [6.07, 6.45) is 9.22. The maximum absolute atomic E-state index is 5.05. The molecule has 0 amide bonds. The van der Waals surface area contributed by atoms with Gasteiger partial charge in [-0.15, -0.1) is 0 Å². The normalized spacial score (nSPS) is 17.8. The Bertz CT molecular complexity index is 2270.